The largest absolute Gasteiger partial charge is 0.573 e. The van der Waals surface area contributed by atoms with Gasteiger partial charge in [-0.25, -0.2) is 0 Å². The first-order valence-corrected chi connectivity index (χ1v) is 8.30. The summed E-state index contributed by atoms with van der Waals surface area (Å²) >= 11 is 0. The van der Waals surface area contributed by atoms with E-state index in [2.05, 4.69) is 44.7 Å². The van der Waals surface area contributed by atoms with Gasteiger partial charge in [0.2, 0.25) is 0 Å². The lowest BCUT2D eigenvalue weighted by atomic mass is 9.95. The molecule has 1 nitrogen and oxygen atoms in total. The average molecular weight is 342 g/mol. The first-order chi connectivity index (χ1) is 11.1. The highest BCUT2D eigenvalue weighted by molar-refractivity contribution is 5.41. The monoisotopic (exact) mass is 342 g/mol. The molecular weight excluding hydrogens is 313 g/mol. The normalized spacial score (nSPS) is 14.8. The quantitative estimate of drug-likeness (QED) is 0.300. The molecule has 0 saturated heterocycles. The summed E-state index contributed by atoms with van der Waals surface area (Å²) < 4.78 is 39.9. The van der Waals surface area contributed by atoms with Gasteiger partial charge in [0.25, 0.3) is 0 Å². The molecule has 0 heterocycles. The van der Waals surface area contributed by atoms with Crippen LogP contribution in [-0.2, 0) is 4.74 Å². The van der Waals surface area contributed by atoms with Crippen LogP contribution in [0.4, 0.5) is 13.2 Å². The third kappa shape index (κ3) is 10.1. The van der Waals surface area contributed by atoms with Gasteiger partial charge < -0.3 is 4.74 Å². The molecule has 0 N–H and O–H groups in total. The van der Waals surface area contributed by atoms with Crippen molar-refractivity contribution in [1.82, 2.24) is 0 Å². The zero-order valence-electron chi connectivity index (χ0n) is 15.2. The van der Waals surface area contributed by atoms with Gasteiger partial charge in [-0.15, -0.1) is 13.2 Å². The summed E-state index contributed by atoms with van der Waals surface area (Å²) in [7, 11) is 0. The number of halogens is 3. The molecule has 0 spiro atoms. The van der Waals surface area contributed by atoms with Crippen LogP contribution in [0, 0.1) is 5.92 Å². The summed E-state index contributed by atoms with van der Waals surface area (Å²) in [5.41, 5.74) is 2.90. The lowest BCUT2D eigenvalue weighted by Crippen LogP contribution is -2.11. The van der Waals surface area contributed by atoms with Crippen molar-refractivity contribution in [3.8, 4) is 0 Å². The van der Waals surface area contributed by atoms with E-state index in [-0.39, 0.29) is 0 Å². The predicted molar refractivity (Wildman–Crippen MR) is 95.4 cm³/mol. The smallest absolute Gasteiger partial charge is 0.406 e. The van der Waals surface area contributed by atoms with Crippen LogP contribution in [0.25, 0.3) is 0 Å². The first-order valence-electron chi connectivity index (χ1n) is 8.30. The standard InChI is InChI=1S/C20H29F3O/c1-7-9-10-15(3)16(4)12-14-19(8-2)17(5)11-13-18(6)24-20(21,22)23/h11-15H,5-10H2,1-4H3/b13-11-,16-12+,19-14+. The lowest BCUT2D eigenvalue weighted by Gasteiger charge is -2.11. The van der Waals surface area contributed by atoms with Crippen molar-refractivity contribution in [2.75, 3.05) is 0 Å². The Morgan fingerprint density at radius 2 is 1.75 bits per heavy atom. The van der Waals surface area contributed by atoms with Crippen LogP contribution in [0.15, 0.2) is 59.9 Å². The molecule has 0 bridgehead atoms. The maximum atomic E-state index is 12.1. The molecule has 0 aliphatic rings. The molecular formula is C20H29F3O. The van der Waals surface area contributed by atoms with Gasteiger partial charge in [0.15, 0.2) is 0 Å². The molecule has 0 amide bonds. The molecule has 4 heteroatoms. The summed E-state index contributed by atoms with van der Waals surface area (Å²) in [5.74, 6) is 0.0575. The molecule has 136 valence electrons. The topological polar surface area (TPSA) is 9.23 Å². The minimum atomic E-state index is -4.72. The van der Waals surface area contributed by atoms with Crippen molar-refractivity contribution < 1.29 is 17.9 Å². The Balaban J connectivity index is 4.88. The maximum Gasteiger partial charge on any atom is 0.573 e. The highest BCUT2D eigenvalue weighted by atomic mass is 19.4. The molecule has 24 heavy (non-hydrogen) atoms. The first kappa shape index (κ1) is 22.3. The van der Waals surface area contributed by atoms with Gasteiger partial charge in [-0.05, 0) is 42.9 Å². The summed E-state index contributed by atoms with van der Waals surface area (Å²) in [6.45, 7) is 15.6. The average Bonchev–Trinajstić information content (AvgIpc) is 2.49. The maximum absolute atomic E-state index is 12.1. The lowest BCUT2D eigenvalue weighted by molar-refractivity contribution is -0.303. The van der Waals surface area contributed by atoms with Crippen LogP contribution < -0.4 is 0 Å². The Bertz CT molecular complexity index is 507. The van der Waals surface area contributed by atoms with E-state index < -0.39 is 12.1 Å². The third-order valence-corrected chi connectivity index (χ3v) is 3.83. The van der Waals surface area contributed by atoms with E-state index in [1.54, 1.807) is 0 Å². The summed E-state index contributed by atoms with van der Waals surface area (Å²) in [5, 5.41) is 0. The second kappa shape index (κ2) is 11.0. The fourth-order valence-corrected chi connectivity index (χ4v) is 2.07. The number of hydrogen-bond acceptors (Lipinski definition) is 1. The molecule has 0 aromatic heterocycles. The van der Waals surface area contributed by atoms with Gasteiger partial charge >= 0.3 is 6.36 Å². The summed E-state index contributed by atoms with van der Waals surface area (Å²) in [6.07, 6.45) is 6.28. The summed E-state index contributed by atoms with van der Waals surface area (Å²) in [6, 6.07) is 0. The number of hydrogen-bond donors (Lipinski definition) is 0. The van der Waals surface area contributed by atoms with Crippen molar-refractivity contribution in [3.63, 3.8) is 0 Å². The molecule has 0 aromatic rings. The number of ether oxygens (including phenoxy) is 1. The van der Waals surface area contributed by atoms with E-state index in [0.717, 1.165) is 18.4 Å². The number of allylic oxidation sites excluding steroid dienone is 7. The van der Waals surface area contributed by atoms with Crippen LogP contribution in [0.5, 0.6) is 0 Å². The predicted octanol–water partition coefficient (Wildman–Crippen LogP) is 7.26. The summed E-state index contributed by atoms with van der Waals surface area (Å²) in [4.78, 5) is 0. The Labute approximate surface area is 144 Å². The molecule has 0 radical (unpaired) electrons. The SMILES string of the molecule is C=C(/C=C\C(=C)/C(=C/C=C(\C)C(C)CCCC)CC)OC(F)(F)F. The number of unbranched alkanes of at least 4 members (excludes halogenated alkanes) is 1. The zero-order chi connectivity index (χ0) is 18.8. The fraction of sp³-hybridized carbons (Fsp3) is 0.500. The van der Waals surface area contributed by atoms with Crippen LogP contribution >= 0.6 is 0 Å². The van der Waals surface area contributed by atoms with E-state index >= 15 is 0 Å². The minimum absolute atomic E-state index is 0.459. The van der Waals surface area contributed by atoms with E-state index in [9.17, 15) is 13.2 Å². The van der Waals surface area contributed by atoms with Gasteiger partial charge in [-0.3, -0.25) is 0 Å². The minimum Gasteiger partial charge on any atom is -0.406 e. The molecule has 0 aromatic carbocycles. The van der Waals surface area contributed by atoms with Gasteiger partial charge in [0.1, 0.15) is 5.76 Å². The molecule has 0 fully saturated rings. The highest BCUT2D eigenvalue weighted by Crippen LogP contribution is 2.22. The Morgan fingerprint density at radius 1 is 1.12 bits per heavy atom. The van der Waals surface area contributed by atoms with Crippen LogP contribution in [0.1, 0.15) is 53.4 Å². The van der Waals surface area contributed by atoms with Gasteiger partial charge in [-0.1, -0.05) is 70.6 Å². The van der Waals surface area contributed by atoms with Gasteiger partial charge in [-0.2, -0.15) is 0 Å². The van der Waals surface area contributed by atoms with Crippen molar-refractivity contribution in [3.05, 3.63) is 59.9 Å². The molecule has 0 aliphatic carbocycles. The Morgan fingerprint density at radius 3 is 2.25 bits per heavy atom. The van der Waals surface area contributed by atoms with E-state index in [0.29, 0.717) is 11.5 Å². The number of alkyl halides is 3. The molecule has 1 unspecified atom stereocenters. The fourth-order valence-electron chi connectivity index (χ4n) is 2.07. The molecule has 1 atom stereocenters. The Hall–Kier alpha value is -1.71. The Kier molecular flexibility index (Phi) is 10.2. The van der Waals surface area contributed by atoms with E-state index in [4.69, 9.17) is 0 Å². The highest BCUT2D eigenvalue weighted by Gasteiger charge is 2.30. The molecule has 0 rings (SSSR count). The van der Waals surface area contributed by atoms with Crippen molar-refractivity contribution in [1.29, 1.82) is 0 Å². The van der Waals surface area contributed by atoms with Crippen LogP contribution in [-0.4, -0.2) is 6.36 Å². The van der Waals surface area contributed by atoms with Crippen molar-refractivity contribution >= 4 is 0 Å². The molecule has 0 saturated carbocycles. The van der Waals surface area contributed by atoms with E-state index in [1.807, 2.05) is 13.0 Å². The zero-order valence-corrected chi connectivity index (χ0v) is 15.2. The van der Waals surface area contributed by atoms with Crippen molar-refractivity contribution in [2.45, 2.75) is 59.7 Å². The van der Waals surface area contributed by atoms with E-state index in [1.165, 1.54) is 30.6 Å². The van der Waals surface area contributed by atoms with Gasteiger partial charge in [0, 0.05) is 0 Å². The molecule has 0 aliphatic heterocycles. The number of rotatable bonds is 10. The van der Waals surface area contributed by atoms with Gasteiger partial charge in [0.05, 0.1) is 0 Å². The third-order valence-electron chi connectivity index (χ3n) is 3.83. The second-order valence-corrected chi connectivity index (χ2v) is 5.87. The van der Waals surface area contributed by atoms with Crippen molar-refractivity contribution in [2.24, 2.45) is 5.92 Å². The van der Waals surface area contributed by atoms with Crippen LogP contribution in [0.3, 0.4) is 0 Å². The second-order valence-electron chi connectivity index (χ2n) is 5.87. The van der Waals surface area contributed by atoms with Crippen LogP contribution in [0.2, 0.25) is 0 Å².